The molecule has 0 spiro atoms. The molecule has 0 aliphatic carbocycles. The van der Waals surface area contributed by atoms with Crippen LogP contribution in [0, 0.1) is 0 Å². The van der Waals surface area contributed by atoms with Gasteiger partial charge in [-0.3, -0.25) is 16.3 Å². The first-order valence-electron chi connectivity index (χ1n) is 6.85. The van der Waals surface area contributed by atoms with Gasteiger partial charge >= 0.3 is 0 Å². The van der Waals surface area contributed by atoms with Crippen LogP contribution in [0.2, 0.25) is 0 Å². The third kappa shape index (κ3) is 3.28. The standard InChI is InChI=1S/C14H23N3O/c1-2-11-10-16-8-7-13(11)14(17-15)6-5-12-4-3-9-18-12/h7-8,10,12,14,17H,2-6,9,15H2,1H3. The molecule has 2 atom stereocenters. The summed E-state index contributed by atoms with van der Waals surface area (Å²) in [6, 6.07) is 2.27. The Labute approximate surface area is 109 Å². The molecular weight excluding hydrogens is 226 g/mol. The summed E-state index contributed by atoms with van der Waals surface area (Å²) in [5.74, 6) is 5.70. The Morgan fingerprint density at radius 2 is 2.50 bits per heavy atom. The number of nitrogens with one attached hydrogen (secondary N) is 1. The second-order valence-corrected chi connectivity index (χ2v) is 4.86. The molecule has 0 amide bonds. The third-order valence-corrected chi connectivity index (χ3v) is 3.70. The van der Waals surface area contributed by atoms with Crippen LogP contribution in [0.4, 0.5) is 0 Å². The lowest BCUT2D eigenvalue weighted by atomic mass is 9.96. The van der Waals surface area contributed by atoms with Crippen LogP contribution in [0.3, 0.4) is 0 Å². The van der Waals surface area contributed by atoms with E-state index in [1.807, 2.05) is 12.4 Å². The van der Waals surface area contributed by atoms with E-state index in [0.29, 0.717) is 6.10 Å². The fourth-order valence-electron chi connectivity index (χ4n) is 2.63. The summed E-state index contributed by atoms with van der Waals surface area (Å²) in [5.41, 5.74) is 5.48. The molecule has 0 aromatic carbocycles. The maximum absolute atomic E-state index is 5.70. The SMILES string of the molecule is CCc1cnccc1C(CCC1CCCO1)NN. The average Bonchev–Trinajstić information content (AvgIpc) is 2.93. The highest BCUT2D eigenvalue weighted by Gasteiger charge is 2.19. The monoisotopic (exact) mass is 249 g/mol. The molecule has 1 aromatic heterocycles. The van der Waals surface area contributed by atoms with E-state index < -0.39 is 0 Å². The van der Waals surface area contributed by atoms with Crippen molar-refractivity contribution in [2.24, 2.45) is 5.84 Å². The average molecular weight is 249 g/mol. The Morgan fingerprint density at radius 1 is 1.61 bits per heavy atom. The van der Waals surface area contributed by atoms with Gasteiger partial charge in [-0.15, -0.1) is 0 Å². The normalized spacial score (nSPS) is 21.1. The highest BCUT2D eigenvalue weighted by Crippen LogP contribution is 2.25. The van der Waals surface area contributed by atoms with Crippen LogP contribution in [-0.2, 0) is 11.2 Å². The van der Waals surface area contributed by atoms with Gasteiger partial charge in [-0.2, -0.15) is 0 Å². The number of aryl methyl sites for hydroxylation is 1. The maximum atomic E-state index is 5.70. The van der Waals surface area contributed by atoms with E-state index in [4.69, 9.17) is 10.6 Å². The van der Waals surface area contributed by atoms with Crippen molar-refractivity contribution in [1.82, 2.24) is 10.4 Å². The van der Waals surface area contributed by atoms with E-state index in [1.54, 1.807) is 0 Å². The lowest BCUT2D eigenvalue weighted by Gasteiger charge is -2.20. The first-order chi connectivity index (χ1) is 8.85. The minimum Gasteiger partial charge on any atom is -0.378 e. The summed E-state index contributed by atoms with van der Waals surface area (Å²) < 4.78 is 5.66. The number of hydrogen-bond acceptors (Lipinski definition) is 4. The number of pyridine rings is 1. The van der Waals surface area contributed by atoms with Crippen molar-refractivity contribution in [3.05, 3.63) is 29.6 Å². The summed E-state index contributed by atoms with van der Waals surface area (Å²) >= 11 is 0. The van der Waals surface area contributed by atoms with Crippen molar-refractivity contribution in [3.63, 3.8) is 0 Å². The second-order valence-electron chi connectivity index (χ2n) is 4.86. The molecule has 2 rings (SSSR count). The highest BCUT2D eigenvalue weighted by molar-refractivity contribution is 5.26. The minimum absolute atomic E-state index is 0.201. The molecule has 100 valence electrons. The number of aromatic nitrogens is 1. The van der Waals surface area contributed by atoms with Gasteiger partial charge in [0.05, 0.1) is 6.10 Å². The first kappa shape index (κ1) is 13.5. The second kappa shape index (κ2) is 6.83. The number of hydrogen-bond donors (Lipinski definition) is 2. The molecule has 0 bridgehead atoms. The van der Waals surface area contributed by atoms with Crippen LogP contribution in [0.5, 0.6) is 0 Å². The van der Waals surface area contributed by atoms with Crippen LogP contribution in [0.1, 0.15) is 49.8 Å². The van der Waals surface area contributed by atoms with Gasteiger partial charge in [0.2, 0.25) is 0 Å². The predicted octanol–water partition coefficient (Wildman–Crippen LogP) is 2.11. The van der Waals surface area contributed by atoms with E-state index in [2.05, 4.69) is 23.4 Å². The highest BCUT2D eigenvalue weighted by atomic mass is 16.5. The van der Waals surface area contributed by atoms with Crippen LogP contribution < -0.4 is 11.3 Å². The Kier molecular flexibility index (Phi) is 5.11. The zero-order valence-corrected chi connectivity index (χ0v) is 11.1. The van der Waals surface area contributed by atoms with Gasteiger partial charge in [0, 0.05) is 25.0 Å². The number of ether oxygens (including phenoxy) is 1. The van der Waals surface area contributed by atoms with Gasteiger partial charge in [0.25, 0.3) is 0 Å². The molecular formula is C14H23N3O. The summed E-state index contributed by atoms with van der Waals surface area (Å²) in [5, 5.41) is 0. The van der Waals surface area contributed by atoms with Crippen molar-refractivity contribution in [1.29, 1.82) is 0 Å². The molecule has 1 aliphatic rings. The summed E-state index contributed by atoms with van der Waals surface area (Å²) in [7, 11) is 0. The molecule has 1 aliphatic heterocycles. The number of hydrazine groups is 1. The van der Waals surface area contributed by atoms with Crippen LogP contribution in [-0.4, -0.2) is 17.7 Å². The summed E-state index contributed by atoms with van der Waals surface area (Å²) in [6.07, 6.45) is 9.65. The quantitative estimate of drug-likeness (QED) is 0.599. The molecule has 0 saturated carbocycles. The van der Waals surface area contributed by atoms with E-state index >= 15 is 0 Å². The van der Waals surface area contributed by atoms with Crippen molar-refractivity contribution in [2.45, 2.75) is 51.2 Å². The largest absolute Gasteiger partial charge is 0.378 e. The van der Waals surface area contributed by atoms with Crippen LogP contribution in [0.15, 0.2) is 18.5 Å². The zero-order chi connectivity index (χ0) is 12.8. The molecule has 1 aromatic rings. The zero-order valence-electron chi connectivity index (χ0n) is 11.1. The lowest BCUT2D eigenvalue weighted by Crippen LogP contribution is -2.29. The van der Waals surface area contributed by atoms with Gasteiger partial charge in [-0.05, 0) is 49.3 Å². The number of nitrogens with two attached hydrogens (primary N) is 1. The van der Waals surface area contributed by atoms with E-state index in [9.17, 15) is 0 Å². The van der Waals surface area contributed by atoms with Gasteiger partial charge in [0.15, 0.2) is 0 Å². The van der Waals surface area contributed by atoms with Crippen LogP contribution in [0.25, 0.3) is 0 Å². The van der Waals surface area contributed by atoms with E-state index in [0.717, 1.165) is 25.9 Å². The van der Waals surface area contributed by atoms with Crippen LogP contribution >= 0.6 is 0 Å². The summed E-state index contributed by atoms with van der Waals surface area (Å²) in [6.45, 7) is 3.06. The molecule has 2 unspecified atom stereocenters. The molecule has 2 heterocycles. The van der Waals surface area contributed by atoms with Crippen molar-refractivity contribution >= 4 is 0 Å². The maximum Gasteiger partial charge on any atom is 0.0576 e. The van der Waals surface area contributed by atoms with E-state index in [1.165, 1.54) is 24.0 Å². The number of rotatable bonds is 6. The minimum atomic E-state index is 0.201. The van der Waals surface area contributed by atoms with Gasteiger partial charge in [-0.25, -0.2) is 0 Å². The van der Waals surface area contributed by atoms with Gasteiger partial charge < -0.3 is 4.74 Å². The fraction of sp³-hybridized carbons (Fsp3) is 0.643. The smallest absolute Gasteiger partial charge is 0.0576 e. The molecule has 4 heteroatoms. The van der Waals surface area contributed by atoms with Gasteiger partial charge in [0.1, 0.15) is 0 Å². The van der Waals surface area contributed by atoms with Crippen molar-refractivity contribution < 1.29 is 4.74 Å². The Hall–Kier alpha value is -0.970. The Morgan fingerprint density at radius 3 is 3.17 bits per heavy atom. The van der Waals surface area contributed by atoms with Crippen molar-refractivity contribution in [3.8, 4) is 0 Å². The molecule has 4 nitrogen and oxygen atoms in total. The third-order valence-electron chi connectivity index (χ3n) is 3.70. The van der Waals surface area contributed by atoms with Crippen molar-refractivity contribution in [2.75, 3.05) is 6.61 Å². The summed E-state index contributed by atoms with van der Waals surface area (Å²) in [4.78, 5) is 4.18. The molecule has 0 radical (unpaired) electrons. The molecule has 1 fully saturated rings. The number of nitrogens with zero attached hydrogens (tertiary/aromatic N) is 1. The van der Waals surface area contributed by atoms with E-state index in [-0.39, 0.29) is 6.04 Å². The Balaban J connectivity index is 1.98. The topological polar surface area (TPSA) is 60.2 Å². The lowest BCUT2D eigenvalue weighted by molar-refractivity contribution is 0.0996. The molecule has 18 heavy (non-hydrogen) atoms. The predicted molar refractivity (Wildman–Crippen MR) is 71.9 cm³/mol. The van der Waals surface area contributed by atoms with Gasteiger partial charge in [-0.1, -0.05) is 6.92 Å². The Bertz CT molecular complexity index is 364. The molecule has 1 saturated heterocycles. The molecule has 3 N–H and O–H groups in total. The fourth-order valence-corrected chi connectivity index (χ4v) is 2.63. The first-order valence-corrected chi connectivity index (χ1v) is 6.85.